The van der Waals surface area contributed by atoms with E-state index in [1.807, 2.05) is 74.4 Å². The molecule has 37 heavy (non-hydrogen) atoms. The second-order valence-electron chi connectivity index (χ2n) is 9.75. The zero-order valence-corrected chi connectivity index (χ0v) is 22.4. The van der Waals surface area contributed by atoms with Crippen LogP contribution in [0.15, 0.2) is 65.9 Å². The molecule has 0 fully saturated rings. The molecule has 7 nitrogen and oxygen atoms in total. The summed E-state index contributed by atoms with van der Waals surface area (Å²) in [6, 6.07) is 14.1. The Morgan fingerprint density at radius 3 is 2.49 bits per heavy atom. The van der Waals surface area contributed by atoms with Crippen molar-refractivity contribution in [2.24, 2.45) is 5.92 Å². The molecule has 198 valence electrons. The predicted molar refractivity (Wildman–Crippen MR) is 146 cm³/mol. The third-order valence-electron chi connectivity index (χ3n) is 6.12. The average Bonchev–Trinajstić information content (AvgIpc) is 3.12. The second-order valence-corrected chi connectivity index (χ2v) is 9.75. The zero-order valence-electron chi connectivity index (χ0n) is 22.4. The predicted octanol–water partition coefficient (Wildman–Crippen LogP) is 5.05. The number of amides is 1. The molecule has 2 aromatic carbocycles. The van der Waals surface area contributed by atoms with Crippen molar-refractivity contribution in [1.82, 2.24) is 9.80 Å². The molecule has 1 aliphatic heterocycles. The Morgan fingerprint density at radius 1 is 1.11 bits per heavy atom. The van der Waals surface area contributed by atoms with Crippen molar-refractivity contribution in [2.75, 3.05) is 40.4 Å². The van der Waals surface area contributed by atoms with Crippen molar-refractivity contribution in [2.45, 2.75) is 33.2 Å². The average molecular weight is 507 g/mol. The van der Waals surface area contributed by atoms with Crippen molar-refractivity contribution in [3.8, 4) is 11.5 Å². The fraction of sp³-hybridized carbons (Fsp3) is 0.400. The molecule has 7 heteroatoms. The molecule has 1 amide bonds. The number of hydrogen-bond acceptors (Lipinski definition) is 6. The van der Waals surface area contributed by atoms with E-state index in [1.165, 1.54) is 6.08 Å². The molecule has 1 unspecified atom stereocenters. The van der Waals surface area contributed by atoms with Crippen molar-refractivity contribution >= 4 is 17.8 Å². The smallest absolute Gasteiger partial charge is 0.290 e. The van der Waals surface area contributed by atoms with Crippen LogP contribution in [0.25, 0.3) is 6.08 Å². The summed E-state index contributed by atoms with van der Waals surface area (Å²) in [7, 11) is 3.82. The fourth-order valence-corrected chi connectivity index (χ4v) is 4.10. The van der Waals surface area contributed by atoms with Crippen LogP contribution in [0.1, 0.15) is 44.4 Å². The van der Waals surface area contributed by atoms with Gasteiger partial charge in [-0.2, -0.15) is 0 Å². The summed E-state index contributed by atoms with van der Waals surface area (Å²) in [6.07, 6.45) is 4.00. The molecule has 3 rings (SSSR count). The second kappa shape index (κ2) is 13.1. The zero-order chi connectivity index (χ0) is 26.9. The monoisotopic (exact) mass is 506 g/mol. The molecule has 0 bridgehead atoms. The number of likely N-dealkylation sites (N-methyl/N-ethyl adjacent to an activating group) is 1. The Labute approximate surface area is 220 Å². The van der Waals surface area contributed by atoms with Crippen molar-refractivity contribution < 1.29 is 24.2 Å². The highest BCUT2D eigenvalue weighted by atomic mass is 16.5. The first-order chi connectivity index (χ1) is 17.7. The van der Waals surface area contributed by atoms with Gasteiger partial charge in [-0.3, -0.25) is 9.59 Å². The maximum atomic E-state index is 13.4. The van der Waals surface area contributed by atoms with Crippen LogP contribution in [-0.2, 0) is 9.59 Å². The molecule has 0 aromatic heterocycles. The highest BCUT2D eigenvalue weighted by molar-refractivity contribution is 6.14. The summed E-state index contributed by atoms with van der Waals surface area (Å²) in [6.45, 7) is 8.08. The van der Waals surface area contributed by atoms with Crippen molar-refractivity contribution in [1.29, 1.82) is 0 Å². The molecule has 0 radical (unpaired) electrons. The van der Waals surface area contributed by atoms with Gasteiger partial charge in [-0.25, -0.2) is 0 Å². The maximum absolute atomic E-state index is 13.4. The Hall–Kier alpha value is -3.58. The summed E-state index contributed by atoms with van der Waals surface area (Å²) in [5.74, 6) is 0.180. The summed E-state index contributed by atoms with van der Waals surface area (Å²) < 4.78 is 11.8. The minimum Gasteiger partial charge on any atom is -0.503 e. The number of allylic oxidation sites excluding steroid dienone is 1. The molecule has 2 aromatic rings. The molecule has 0 aliphatic carbocycles. The highest BCUT2D eigenvalue weighted by Gasteiger charge is 2.43. The van der Waals surface area contributed by atoms with E-state index in [0.29, 0.717) is 49.3 Å². The molecule has 1 N–H and O–H groups in total. The van der Waals surface area contributed by atoms with E-state index in [1.54, 1.807) is 11.0 Å². The largest absolute Gasteiger partial charge is 0.503 e. The Morgan fingerprint density at radius 2 is 1.84 bits per heavy atom. The van der Waals surface area contributed by atoms with Crippen LogP contribution < -0.4 is 9.47 Å². The van der Waals surface area contributed by atoms with Gasteiger partial charge in [0, 0.05) is 13.1 Å². The first-order valence-electron chi connectivity index (χ1n) is 12.8. The lowest BCUT2D eigenvalue weighted by molar-refractivity contribution is -0.129. The minimum absolute atomic E-state index is 0.0619. The molecule has 0 saturated carbocycles. The lowest BCUT2D eigenvalue weighted by Gasteiger charge is -2.28. The minimum atomic E-state index is -0.746. The summed E-state index contributed by atoms with van der Waals surface area (Å²) in [4.78, 5) is 30.0. The summed E-state index contributed by atoms with van der Waals surface area (Å²) >= 11 is 0. The number of carbonyl (C=O) groups excluding carboxylic acids is 2. The molecule has 0 spiro atoms. The quantitative estimate of drug-likeness (QED) is 0.383. The van der Waals surface area contributed by atoms with E-state index in [0.717, 1.165) is 12.0 Å². The standard InChI is InChI=1S/C30H38N2O5/c1-6-36-26-20-23(13-15-25(26)37-19-16-21(2)3)28-27(24(33)14-12-22-10-8-7-9-11-22)29(34)30(35)32(28)18-17-31(4)5/h7-15,20-21,28,34H,6,16-19H2,1-5H3. The van der Waals surface area contributed by atoms with Crippen LogP contribution in [-0.4, -0.2) is 67.0 Å². The van der Waals surface area contributed by atoms with Crippen LogP contribution in [0, 0.1) is 5.92 Å². The normalized spacial score (nSPS) is 15.9. The van der Waals surface area contributed by atoms with Crippen LogP contribution >= 0.6 is 0 Å². The van der Waals surface area contributed by atoms with Gasteiger partial charge in [0.15, 0.2) is 23.0 Å². The van der Waals surface area contributed by atoms with E-state index in [-0.39, 0.29) is 5.57 Å². The molecule has 1 heterocycles. The van der Waals surface area contributed by atoms with Gasteiger partial charge >= 0.3 is 0 Å². The van der Waals surface area contributed by atoms with Gasteiger partial charge in [0.2, 0.25) is 0 Å². The van der Waals surface area contributed by atoms with E-state index in [2.05, 4.69) is 13.8 Å². The van der Waals surface area contributed by atoms with Crippen LogP contribution in [0.2, 0.25) is 0 Å². The third kappa shape index (κ3) is 7.23. The molecule has 0 saturated heterocycles. The first kappa shape index (κ1) is 28.0. The van der Waals surface area contributed by atoms with Crippen LogP contribution in [0.4, 0.5) is 0 Å². The van der Waals surface area contributed by atoms with Gasteiger partial charge in [-0.1, -0.05) is 56.3 Å². The first-order valence-corrected chi connectivity index (χ1v) is 12.8. The van der Waals surface area contributed by atoms with Gasteiger partial charge in [-0.05, 0) is 62.7 Å². The molecular formula is C30H38N2O5. The number of carbonyl (C=O) groups is 2. The van der Waals surface area contributed by atoms with Crippen LogP contribution in [0.3, 0.4) is 0 Å². The number of aliphatic hydroxyl groups excluding tert-OH is 1. The van der Waals surface area contributed by atoms with E-state index in [4.69, 9.17) is 9.47 Å². The number of rotatable bonds is 13. The van der Waals surface area contributed by atoms with Gasteiger partial charge in [0.25, 0.3) is 5.91 Å². The molecule has 1 atom stereocenters. The molecule has 1 aliphatic rings. The fourth-order valence-electron chi connectivity index (χ4n) is 4.10. The van der Waals surface area contributed by atoms with Gasteiger partial charge < -0.3 is 24.4 Å². The topological polar surface area (TPSA) is 79.3 Å². The Bertz CT molecular complexity index is 1140. The van der Waals surface area contributed by atoms with Crippen molar-refractivity contribution in [3.63, 3.8) is 0 Å². The van der Waals surface area contributed by atoms with Gasteiger partial charge in [0.1, 0.15) is 0 Å². The third-order valence-corrected chi connectivity index (χ3v) is 6.12. The lowest BCUT2D eigenvalue weighted by atomic mass is 9.95. The van der Waals surface area contributed by atoms with E-state index < -0.39 is 23.5 Å². The number of ether oxygens (including phenoxy) is 2. The number of aliphatic hydroxyl groups is 1. The summed E-state index contributed by atoms with van der Waals surface area (Å²) in [5, 5.41) is 10.9. The Balaban J connectivity index is 1.99. The number of benzene rings is 2. The summed E-state index contributed by atoms with van der Waals surface area (Å²) in [5.41, 5.74) is 1.59. The SMILES string of the molecule is CCOc1cc(C2C(C(=O)C=Cc3ccccc3)=C(O)C(=O)N2CCN(C)C)ccc1OCCC(C)C. The lowest BCUT2D eigenvalue weighted by Crippen LogP contribution is -2.36. The van der Waals surface area contributed by atoms with Gasteiger partial charge in [0.05, 0.1) is 24.8 Å². The van der Waals surface area contributed by atoms with E-state index in [9.17, 15) is 14.7 Å². The maximum Gasteiger partial charge on any atom is 0.290 e. The molecular weight excluding hydrogens is 468 g/mol. The Kier molecular flexibility index (Phi) is 9.92. The highest BCUT2D eigenvalue weighted by Crippen LogP contribution is 2.41. The van der Waals surface area contributed by atoms with E-state index >= 15 is 0 Å². The van der Waals surface area contributed by atoms with Crippen molar-refractivity contribution in [3.05, 3.63) is 77.1 Å². The van der Waals surface area contributed by atoms with Gasteiger partial charge in [-0.15, -0.1) is 0 Å². The number of nitrogens with zero attached hydrogens (tertiary/aromatic N) is 2. The van der Waals surface area contributed by atoms with Crippen LogP contribution in [0.5, 0.6) is 11.5 Å². The number of hydrogen-bond donors (Lipinski definition) is 1. The number of ketones is 1.